The van der Waals surface area contributed by atoms with Crippen LogP contribution < -0.4 is 9.80 Å². The van der Waals surface area contributed by atoms with Gasteiger partial charge < -0.3 is 9.80 Å². The van der Waals surface area contributed by atoms with E-state index in [1.807, 2.05) is 24.3 Å². The van der Waals surface area contributed by atoms with Crippen LogP contribution in [0.3, 0.4) is 0 Å². The van der Waals surface area contributed by atoms with Gasteiger partial charge in [-0.15, -0.1) is 10.2 Å². The van der Waals surface area contributed by atoms with Gasteiger partial charge in [-0.1, -0.05) is 24.3 Å². The fraction of sp³-hybridized carbons (Fsp3) is 0.182. The molecule has 0 N–H and O–H groups in total. The van der Waals surface area contributed by atoms with Gasteiger partial charge >= 0.3 is 0 Å². The lowest BCUT2D eigenvalue weighted by Gasteiger charge is -2.35. The number of halogens is 1. The van der Waals surface area contributed by atoms with E-state index < -0.39 is 0 Å². The van der Waals surface area contributed by atoms with E-state index in [0.29, 0.717) is 0 Å². The van der Waals surface area contributed by atoms with E-state index in [1.165, 1.54) is 12.1 Å². The molecule has 5 rings (SSSR count). The van der Waals surface area contributed by atoms with Crippen molar-refractivity contribution in [2.24, 2.45) is 0 Å². The quantitative estimate of drug-likeness (QED) is 0.537. The van der Waals surface area contributed by atoms with Crippen molar-refractivity contribution < 1.29 is 4.39 Å². The van der Waals surface area contributed by atoms with E-state index in [2.05, 4.69) is 36.0 Å². The molecule has 2 aromatic heterocycles. The summed E-state index contributed by atoms with van der Waals surface area (Å²) in [5.41, 5.74) is 1.62. The van der Waals surface area contributed by atoms with Gasteiger partial charge in [0.1, 0.15) is 11.5 Å². The van der Waals surface area contributed by atoms with Crippen LogP contribution in [-0.4, -0.2) is 46.3 Å². The molecular weight excluding hydrogens is 367 g/mol. The summed E-state index contributed by atoms with van der Waals surface area (Å²) in [7, 11) is 0. The number of benzene rings is 2. The Balaban J connectivity index is 1.46. The number of fused-ring (bicyclic) bond motifs is 1. The summed E-state index contributed by atoms with van der Waals surface area (Å²) in [5.74, 6) is 1.37. The molecule has 1 aliphatic heterocycles. The molecule has 6 nitrogen and oxygen atoms in total. The van der Waals surface area contributed by atoms with Crippen molar-refractivity contribution in [2.45, 2.75) is 0 Å². The molecule has 0 saturated carbocycles. The highest BCUT2D eigenvalue weighted by Gasteiger charge is 2.22. The van der Waals surface area contributed by atoms with E-state index in [-0.39, 0.29) is 5.82 Å². The summed E-state index contributed by atoms with van der Waals surface area (Å²) in [6.07, 6.45) is 3.53. The number of nitrogens with zero attached hydrogens (tertiary/aromatic N) is 6. The summed E-state index contributed by atoms with van der Waals surface area (Å²) in [6.45, 7) is 3.26. The van der Waals surface area contributed by atoms with E-state index in [0.717, 1.165) is 60.0 Å². The molecule has 0 aliphatic carbocycles. The second-order valence-corrected chi connectivity index (χ2v) is 6.95. The Kier molecular flexibility index (Phi) is 4.48. The number of anilines is 2. The SMILES string of the molecule is Fc1ccc(-c2nnc(N3CCN(c4ncccn4)CC3)c3ccccc23)cc1. The molecule has 0 spiro atoms. The summed E-state index contributed by atoms with van der Waals surface area (Å²) >= 11 is 0. The molecule has 1 fully saturated rings. The Bertz CT molecular complexity index is 1130. The Morgan fingerprint density at radius 2 is 1.34 bits per heavy atom. The predicted octanol–water partition coefficient (Wildman–Crippen LogP) is 3.55. The van der Waals surface area contributed by atoms with Crippen LogP contribution in [0.25, 0.3) is 22.0 Å². The van der Waals surface area contributed by atoms with Crippen LogP contribution in [0.15, 0.2) is 67.0 Å². The molecule has 0 radical (unpaired) electrons. The average Bonchev–Trinajstić information content (AvgIpc) is 2.80. The first-order chi connectivity index (χ1) is 14.3. The normalized spacial score (nSPS) is 14.4. The minimum absolute atomic E-state index is 0.261. The second kappa shape index (κ2) is 7.43. The van der Waals surface area contributed by atoms with Crippen molar-refractivity contribution in [2.75, 3.05) is 36.0 Å². The molecule has 4 aromatic rings. The smallest absolute Gasteiger partial charge is 0.225 e. The summed E-state index contributed by atoms with van der Waals surface area (Å²) in [4.78, 5) is 13.1. The Morgan fingerprint density at radius 1 is 0.690 bits per heavy atom. The third kappa shape index (κ3) is 3.35. The zero-order chi connectivity index (χ0) is 19.6. The molecule has 0 amide bonds. The molecule has 144 valence electrons. The number of rotatable bonds is 3. The summed E-state index contributed by atoms with van der Waals surface area (Å²) < 4.78 is 13.3. The fourth-order valence-electron chi connectivity index (χ4n) is 3.72. The first kappa shape index (κ1) is 17.5. The highest BCUT2D eigenvalue weighted by atomic mass is 19.1. The van der Waals surface area contributed by atoms with Crippen molar-refractivity contribution in [1.29, 1.82) is 0 Å². The molecule has 3 heterocycles. The van der Waals surface area contributed by atoms with Crippen molar-refractivity contribution in [3.63, 3.8) is 0 Å². The molecular formula is C22H19FN6. The van der Waals surface area contributed by atoms with Gasteiger partial charge in [-0.2, -0.15) is 0 Å². The first-order valence-corrected chi connectivity index (χ1v) is 9.58. The minimum Gasteiger partial charge on any atom is -0.351 e. The van der Waals surface area contributed by atoms with Crippen LogP contribution in [0, 0.1) is 5.82 Å². The van der Waals surface area contributed by atoms with Crippen molar-refractivity contribution in [3.05, 3.63) is 72.8 Å². The van der Waals surface area contributed by atoms with Gasteiger partial charge in [-0.05, 0) is 30.3 Å². The highest BCUT2D eigenvalue weighted by molar-refractivity contribution is 6.00. The lowest BCUT2D eigenvalue weighted by Crippen LogP contribution is -2.47. The van der Waals surface area contributed by atoms with Gasteiger partial charge in [0.15, 0.2) is 5.82 Å². The topological polar surface area (TPSA) is 58.0 Å². The number of aromatic nitrogens is 4. The molecule has 2 aromatic carbocycles. The van der Waals surface area contributed by atoms with Crippen molar-refractivity contribution in [3.8, 4) is 11.3 Å². The largest absolute Gasteiger partial charge is 0.351 e. The van der Waals surface area contributed by atoms with Gasteiger partial charge in [0.2, 0.25) is 5.95 Å². The molecule has 1 saturated heterocycles. The van der Waals surface area contributed by atoms with Crippen LogP contribution >= 0.6 is 0 Å². The van der Waals surface area contributed by atoms with E-state index in [1.54, 1.807) is 24.5 Å². The van der Waals surface area contributed by atoms with Gasteiger partial charge in [0, 0.05) is 54.9 Å². The van der Waals surface area contributed by atoms with E-state index in [4.69, 9.17) is 0 Å². The lowest BCUT2D eigenvalue weighted by molar-refractivity contribution is 0.628. The molecule has 29 heavy (non-hydrogen) atoms. The Labute approximate surface area is 167 Å². The van der Waals surface area contributed by atoms with E-state index >= 15 is 0 Å². The fourth-order valence-corrected chi connectivity index (χ4v) is 3.72. The van der Waals surface area contributed by atoms with Crippen LogP contribution in [-0.2, 0) is 0 Å². The summed E-state index contributed by atoms with van der Waals surface area (Å²) in [6, 6.07) is 16.3. The molecule has 0 unspecified atom stereocenters. The van der Waals surface area contributed by atoms with Crippen LogP contribution in [0.4, 0.5) is 16.2 Å². The zero-order valence-electron chi connectivity index (χ0n) is 15.7. The monoisotopic (exact) mass is 386 g/mol. The van der Waals surface area contributed by atoms with Gasteiger partial charge in [0.25, 0.3) is 0 Å². The number of piperazine rings is 1. The number of hydrogen-bond acceptors (Lipinski definition) is 6. The molecule has 1 aliphatic rings. The standard InChI is InChI=1S/C22H19FN6/c23-17-8-6-16(7-9-17)20-18-4-1-2-5-19(18)21(27-26-20)28-12-14-29(15-13-28)22-24-10-3-11-25-22/h1-11H,12-15H2. The van der Waals surface area contributed by atoms with Gasteiger partial charge in [0.05, 0.1) is 0 Å². The molecule has 7 heteroatoms. The summed E-state index contributed by atoms with van der Waals surface area (Å²) in [5, 5.41) is 11.1. The highest BCUT2D eigenvalue weighted by Crippen LogP contribution is 2.32. The first-order valence-electron chi connectivity index (χ1n) is 9.58. The zero-order valence-corrected chi connectivity index (χ0v) is 15.7. The van der Waals surface area contributed by atoms with Gasteiger partial charge in [-0.25, -0.2) is 14.4 Å². The maximum Gasteiger partial charge on any atom is 0.225 e. The van der Waals surface area contributed by atoms with Crippen LogP contribution in [0.1, 0.15) is 0 Å². The maximum absolute atomic E-state index is 13.3. The Hall–Kier alpha value is -3.61. The molecule has 0 bridgehead atoms. The predicted molar refractivity (Wildman–Crippen MR) is 111 cm³/mol. The third-order valence-electron chi connectivity index (χ3n) is 5.20. The lowest BCUT2D eigenvalue weighted by atomic mass is 10.0. The van der Waals surface area contributed by atoms with Crippen LogP contribution in [0.5, 0.6) is 0 Å². The third-order valence-corrected chi connectivity index (χ3v) is 5.20. The van der Waals surface area contributed by atoms with Gasteiger partial charge in [-0.3, -0.25) is 0 Å². The maximum atomic E-state index is 13.3. The molecule has 0 atom stereocenters. The van der Waals surface area contributed by atoms with Crippen molar-refractivity contribution >= 4 is 22.5 Å². The minimum atomic E-state index is -0.261. The second-order valence-electron chi connectivity index (χ2n) is 6.95. The van der Waals surface area contributed by atoms with E-state index in [9.17, 15) is 4.39 Å². The van der Waals surface area contributed by atoms with Crippen molar-refractivity contribution in [1.82, 2.24) is 20.2 Å². The number of hydrogen-bond donors (Lipinski definition) is 0. The van der Waals surface area contributed by atoms with Crippen LogP contribution in [0.2, 0.25) is 0 Å². The Morgan fingerprint density at radius 3 is 2.07 bits per heavy atom. The average molecular weight is 386 g/mol.